The third-order valence-corrected chi connectivity index (χ3v) is 8.14. The zero-order valence-electron chi connectivity index (χ0n) is 20.1. The van der Waals surface area contributed by atoms with Crippen LogP contribution in [0.1, 0.15) is 60.3 Å². The number of Topliss-reactive ketones (excluding diaryl/α,β-unsaturated/α-hetero) is 1. The lowest BCUT2D eigenvalue weighted by Gasteiger charge is -2.54. The Balaban J connectivity index is 2.15. The third kappa shape index (κ3) is 3.82. The van der Waals surface area contributed by atoms with E-state index in [-0.39, 0.29) is 41.9 Å². The smallest absolute Gasteiger partial charge is 0.303 e. The summed E-state index contributed by atoms with van der Waals surface area (Å²) >= 11 is 0. The van der Waals surface area contributed by atoms with E-state index in [0.717, 1.165) is 18.4 Å². The normalized spacial score (nSPS) is 39.3. The zero-order chi connectivity index (χ0) is 24.0. The van der Waals surface area contributed by atoms with E-state index >= 15 is 0 Å². The van der Waals surface area contributed by atoms with Gasteiger partial charge in [-0.25, -0.2) is 0 Å². The molecule has 6 heteroatoms. The molecule has 2 fully saturated rings. The molecular weight excluding hydrogens is 406 g/mol. The Morgan fingerprint density at radius 1 is 1.25 bits per heavy atom. The number of likely N-dealkylation sites (tertiary alicyclic amines) is 1. The highest BCUT2D eigenvalue weighted by Crippen LogP contribution is 2.59. The molecule has 176 valence electrons. The number of aliphatic hydroxyl groups is 1. The minimum Gasteiger partial charge on any atom is -0.511 e. The standard InChI is InChI=1S/C26H37NO5/c1-7-8-18-15(3)13-17-12-14(2)11-16(4)22(17)26(18,5)24(31)21-23(30)19(9-10-20(28)29)27(6)25(21)32/h7-8,13-14,16-19,22,31H,9-12H2,1-6H3,(H,28,29)/b8-7+,24-21-. The number of carbonyl (C=O) groups is 3. The predicted molar refractivity (Wildman–Crippen MR) is 123 cm³/mol. The first-order chi connectivity index (χ1) is 14.9. The predicted octanol–water partition coefficient (Wildman–Crippen LogP) is 4.53. The number of carbonyl (C=O) groups excluding carboxylic acids is 2. The van der Waals surface area contributed by atoms with E-state index in [1.54, 1.807) is 0 Å². The topological polar surface area (TPSA) is 94.9 Å². The summed E-state index contributed by atoms with van der Waals surface area (Å²) < 4.78 is 0. The van der Waals surface area contributed by atoms with Gasteiger partial charge >= 0.3 is 5.97 Å². The number of fused-ring (bicyclic) bond motifs is 1. The van der Waals surface area contributed by atoms with Crippen LogP contribution in [-0.4, -0.2) is 45.9 Å². The Kier molecular flexibility index (Phi) is 6.73. The van der Waals surface area contributed by atoms with Crippen molar-refractivity contribution in [2.75, 3.05) is 7.05 Å². The fourth-order valence-corrected chi connectivity index (χ4v) is 6.93. The van der Waals surface area contributed by atoms with Gasteiger partial charge in [-0.3, -0.25) is 14.4 Å². The summed E-state index contributed by atoms with van der Waals surface area (Å²) in [6, 6.07) is -0.848. The molecule has 0 spiro atoms. The van der Waals surface area contributed by atoms with Crippen molar-refractivity contribution in [1.82, 2.24) is 4.90 Å². The van der Waals surface area contributed by atoms with Crippen molar-refractivity contribution in [3.8, 4) is 0 Å². The molecule has 0 aromatic heterocycles. The molecule has 1 amide bonds. The van der Waals surface area contributed by atoms with E-state index in [0.29, 0.717) is 11.8 Å². The summed E-state index contributed by atoms with van der Waals surface area (Å²) in [5, 5.41) is 20.8. The number of rotatable bonds is 5. The average Bonchev–Trinajstić information content (AvgIpc) is 2.90. The first-order valence-electron chi connectivity index (χ1n) is 11.7. The van der Waals surface area contributed by atoms with Crippen LogP contribution in [0.4, 0.5) is 0 Å². The molecule has 1 saturated carbocycles. The Bertz CT molecular complexity index is 900. The number of carboxylic acids is 1. The van der Waals surface area contributed by atoms with Crippen molar-refractivity contribution in [3.05, 3.63) is 35.1 Å². The molecule has 32 heavy (non-hydrogen) atoms. The van der Waals surface area contributed by atoms with Gasteiger partial charge in [0.2, 0.25) is 0 Å². The molecule has 7 atom stereocenters. The van der Waals surface area contributed by atoms with E-state index < -0.39 is 29.1 Å². The molecule has 2 N–H and O–H groups in total. The fraction of sp³-hybridized carbons (Fsp3) is 0.654. The zero-order valence-corrected chi connectivity index (χ0v) is 20.1. The monoisotopic (exact) mass is 443 g/mol. The molecule has 6 nitrogen and oxygen atoms in total. The highest BCUT2D eigenvalue weighted by Gasteiger charge is 2.56. The quantitative estimate of drug-likeness (QED) is 0.282. The van der Waals surface area contributed by atoms with Gasteiger partial charge in [0, 0.05) is 24.8 Å². The molecule has 0 aromatic rings. The number of likely N-dealkylation sites (N-methyl/N-ethyl adjacent to an activating group) is 1. The molecule has 7 unspecified atom stereocenters. The number of amides is 1. The summed E-state index contributed by atoms with van der Waals surface area (Å²) in [7, 11) is 1.51. The molecular formula is C26H37NO5. The average molecular weight is 444 g/mol. The van der Waals surface area contributed by atoms with Gasteiger partial charge in [-0.15, -0.1) is 0 Å². The molecule has 3 rings (SSSR count). The van der Waals surface area contributed by atoms with Gasteiger partial charge in [0.05, 0.1) is 6.04 Å². The second-order valence-corrected chi connectivity index (χ2v) is 10.4. The van der Waals surface area contributed by atoms with Crippen molar-refractivity contribution in [2.24, 2.45) is 35.0 Å². The van der Waals surface area contributed by atoms with E-state index in [1.165, 1.54) is 11.9 Å². The van der Waals surface area contributed by atoms with Crippen LogP contribution in [-0.2, 0) is 14.4 Å². The Labute approximate surface area is 191 Å². The number of carboxylic acid groups (broad SMARTS) is 1. The van der Waals surface area contributed by atoms with Gasteiger partial charge in [-0.05, 0) is 56.8 Å². The van der Waals surface area contributed by atoms with Crippen LogP contribution in [0.15, 0.2) is 35.1 Å². The summed E-state index contributed by atoms with van der Waals surface area (Å²) in [6.45, 7) is 10.5. The number of ketones is 1. The largest absolute Gasteiger partial charge is 0.511 e. The van der Waals surface area contributed by atoms with Crippen molar-refractivity contribution in [2.45, 2.75) is 66.3 Å². The van der Waals surface area contributed by atoms with Crippen molar-refractivity contribution >= 4 is 17.7 Å². The van der Waals surface area contributed by atoms with Crippen molar-refractivity contribution in [1.29, 1.82) is 0 Å². The number of aliphatic hydroxyl groups excluding tert-OH is 1. The van der Waals surface area contributed by atoms with Gasteiger partial charge in [0.15, 0.2) is 5.78 Å². The van der Waals surface area contributed by atoms with Gasteiger partial charge in [0.25, 0.3) is 5.91 Å². The summed E-state index contributed by atoms with van der Waals surface area (Å²) in [5.41, 5.74) is 0.201. The molecule has 1 aliphatic heterocycles. The van der Waals surface area contributed by atoms with Crippen molar-refractivity contribution < 1.29 is 24.6 Å². The summed E-state index contributed by atoms with van der Waals surface area (Å²) in [5.74, 6) is -0.960. The van der Waals surface area contributed by atoms with Crippen LogP contribution < -0.4 is 0 Å². The van der Waals surface area contributed by atoms with E-state index in [2.05, 4.69) is 32.9 Å². The van der Waals surface area contributed by atoms with Crippen LogP contribution in [0, 0.1) is 35.0 Å². The van der Waals surface area contributed by atoms with Crippen LogP contribution in [0.2, 0.25) is 0 Å². The van der Waals surface area contributed by atoms with E-state index in [4.69, 9.17) is 5.11 Å². The lowest BCUT2D eigenvalue weighted by Crippen LogP contribution is -2.49. The van der Waals surface area contributed by atoms with Gasteiger partial charge in [-0.2, -0.15) is 0 Å². The first-order valence-corrected chi connectivity index (χ1v) is 11.7. The maximum atomic E-state index is 13.3. The van der Waals surface area contributed by atoms with Crippen LogP contribution in [0.3, 0.4) is 0 Å². The van der Waals surface area contributed by atoms with Crippen LogP contribution >= 0.6 is 0 Å². The fourth-order valence-electron chi connectivity index (χ4n) is 6.93. The highest BCUT2D eigenvalue weighted by molar-refractivity contribution is 6.26. The lowest BCUT2D eigenvalue weighted by molar-refractivity contribution is -0.138. The van der Waals surface area contributed by atoms with E-state index in [9.17, 15) is 19.5 Å². The third-order valence-electron chi connectivity index (χ3n) is 8.14. The van der Waals surface area contributed by atoms with E-state index in [1.807, 2.05) is 19.9 Å². The lowest BCUT2D eigenvalue weighted by atomic mass is 9.49. The minimum absolute atomic E-state index is 0.0428. The molecule has 0 bridgehead atoms. The molecule has 1 heterocycles. The molecule has 0 aromatic carbocycles. The highest BCUT2D eigenvalue weighted by atomic mass is 16.4. The number of nitrogens with zero attached hydrogens (tertiary/aromatic N) is 1. The van der Waals surface area contributed by atoms with Crippen LogP contribution in [0.25, 0.3) is 0 Å². The summed E-state index contributed by atoms with van der Waals surface area (Å²) in [6.07, 6.45) is 8.27. The van der Waals surface area contributed by atoms with Gasteiger partial charge in [-0.1, -0.05) is 44.6 Å². The number of allylic oxidation sites excluding steroid dienone is 5. The minimum atomic E-state index is -1.01. The SMILES string of the molecule is C/C=C/C1C(C)=CC2CC(C)CC(C)C2C1(C)/C(O)=C1\C(=O)C(CCC(=O)O)N(C)C1=O. The van der Waals surface area contributed by atoms with Gasteiger partial charge < -0.3 is 15.1 Å². The number of aliphatic carboxylic acids is 1. The Morgan fingerprint density at radius 3 is 2.50 bits per heavy atom. The first kappa shape index (κ1) is 24.3. The second kappa shape index (κ2) is 8.87. The van der Waals surface area contributed by atoms with Gasteiger partial charge in [0.1, 0.15) is 11.3 Å². The maximum absolute atomic E-state index is 13.3. The molecule has 1 saturated heterocycles. The molecule has 2 aliphatic carbocycles. The van der Waals surface area contributed by atoms with Crippen molar-refractivity contribution in [3.63, 3.8) is 0 Å². The maximum Gasteiger partial charge on any atom is 0.303 e. The second-order valence-electron chi connectivity index (χ2n) is 10.4. The molecule has 0 radical (unpaired) electrons. The Hall–Kier alpha value is -2.37. The number of hydrogen-bond donors (Lipinski definition) is 2. The number of hydrogen-bond acceptors (Lipinski definition) is 4. The Morgan fingerprint density at radius 2 is 1.91 bits per heavy atom. The molecule has 3 aliphatic rings. The van der Waals surface area contributed by atoms with Crippen LogP contribution in [0.5, 0.6) is 0 Å². The summed E-state index contributed by atoms with van der Waals surface area (Å²) in [4.78, 5) is 38.8.